The summed E-state index contributed by atoms with van der Waals surface area (Å²) in [5.74, 6) is -0.981. The van der Waals surface area contributed by atoms with Gasteiger partial charge in [0.25, 0.3) is 0 Å². The van der Waals surface area contributed by atoms with Crippen molar-refractivity contribution in [1.82, 2.24) is 9.55 Å². The molecular formula is C7H8N2O2S. The van der Waals surface area contributed by atoms with E-state index in [0.29, 0.717) is 10.5 Å². The third kappa shape index (κ3) is 1.35. The van der Waals surface area contributed by atoms with E-state index in [1.165, 1.54) is 6.20 Å². The Bertz CT molecular complexity index is 383. The van der Waals surface area contributed by atoms with Crippen molar-refractivity contribution in [3.63, 3.8) is 0 Å². The molecule has 0 radical (unpaired) electrons. The minimum atomic E-state index is -0.981. The van der Waals surface area contributed by atoms with Gasteiger partial charge in [0.05, 0.1) is 5.56 Å². The molecule has 0 aliphatic heterocycles. The Labute approximate surface area is 74.5 Å². The van der Waals surface area contributed by atoms with Crippen molar-refractivity contribution in [2.75, 3.05) is 0 Å². The molecule has 4 nitrogen and oxygen atoms in total. The van der Waals surface area contributed by atoms with Gasteiger partial charge in [0.15, 0.2) is 4.77 Å². The highest BCUT2D eigenvalue weighted by molar-refractivity contribution is 7.71. The molecule has 0 saturated heterocycles. The summed E-state index contributed by atoms with van der Waals surface area (Å²) in [6, 6.07) is 0. The summed E-state index contributed by atoms with van der Waals surface area (Å²) in [6.45, 7) is 1.70. The molecule has 64 valence electrons. The third-order valence-corrected chi connectivity index (χ3v) is 2.09. The van der Waals surface area contributed by atoms with E-state index in [0.717, 1.165) is 0 Å². The number of carboxylic acid groups (broad SMARTS) is 1. The van der Waals surface area contributed by atoms with Crippen LogP contribution in [0.25, 0.3) is 0 Å². The normalized spacial score (nSPS) is 9.83. The van der Waals surface area contributed by atoms with Crippen LogP contribution >= 0.6 is 12.2 Å². The second-order valence-electron chi connectivity index (χ2n) is 2.40. The van der Waals surface area contributed by atoms with Gasteiger partial charge in [-0.15, -0.1) is 0 Å². The van der Waals surface area contributed by atoms with Crippen molar-refractivity contribution in [2.45, 2.75) is 6.92 Å². The number of hydrogen-bond donors (Lipinski definition) is 1. The minimum absolute atomic E-state index is 0.186. The molecule has 1 aromatic heterocycles. The second-order valence-corrected chi connectivity index (χ2v) is 2.77. The molecule has 0 aromatic carbocycles. The molecule has 0 amide bonds. The summed E-state index contributed by atoms with van der Waals surface area (Å²) in [5, 5.41) is 8.69. The van der Waals surface area contributed by atoms with Gasteiger partial charge >= 0.3 is 5.97 Å². The highest BCUT2D eigenvalue weighted by Gasteiger charge is 2.08. The van der Waals surface area contributed by atoms with Crippen LogP contribution in [-0.4, -0.2) is 20.6 Å². The molecule has 1 aromatic rings. The van der Waals surface area contributed by atoms with Gasteiger partial charge in [0.1, 0.15) is 0 Å². The summed E-state index contributed by atoms with van der Waals surface area (Å²) >= 11 is 4.85. The van der Waals surface area contributed by atoms with E-state index in [2.05, 4.69) is 4.98 Å². The van der Waals surface area contributed by atoms with Crippen molar-refractivity contribution in [3.05, 3.63) is 22.2 Å². The number of aromatic nitrogens is 2. The number of carboxylic acids is 1. The summed E-state index contributed by atoms with van der Waals surface area (Å²) < 4.78 is 1.95. The van der Waals surface area contributed by atoms with Gasteiger partial charge in [-0.25, -0.2) is 9.78 Å². The fraction of sp³-hybridized carbons (Fsp3) is 0.286. The summed E-state index contributed by atoms with van der Waals surface area (Å²) in [7, 11) is 1.69. The Morgan fingerprint density at radius 1 is 1.75 bits per heavy atom. The van der Waals surface area contributed by atoms with Gasteiger partial charge < -0.3 is 9.67 Å². The average molecular weight is 184 g/mol. The Kier molecular flexibility index (Phi) is 2.23. The number of nitrogens with zero attached hydrogens (tertiary/aromatic N) is 2. The van der Waals surface area contributed by atoms with Crippen molar-refractivity contribution < 1.29 is 9.90 Å². The van der Waals surface area contributed by atoms with E-state index in [1.54, 1.807) is 18.5 Å². The summed E-state index contributed by atoms with van der Waals surface area (Å²) in [5.41, 5.74) is 0.800. The van der Waals surface area contributed by atoms with E-state index in [9.17, 15) is 4.79 Å². The quantitative estimate of drug-likeness (QED) is 0.665. The first-order valence-corrected chi connectivity index (χ1v) is 3.71. The van der Waals surface area contributed by atoms with Gasteiger partial charge in [-0.2, -0.15) is 0 Å². The van der Waals surface area contributed by atoms with Crippen LogP contribution in [-0.2, 0) is 7.05 Å². The van der Waals surface area contributed by atoms with Crippen molar-refractivity contribution in [3.8, 4) is 0 Å². The zero-order valence-corrected chi connectivity index (χ0v) is 7.55. The Hall–Kier alpha value is -1.23. The largest absolute Gasteiger partial charge is 0.478 e. The molecule has 0 bridgehead atoms. The highest BCUT2D eigenvalue weighted by atomic mass is 32.1. The maximum Gasteiger partial charge on any atom is 0.339 e. The Morgan fingerprint density at radius 3 is 2.83 bits per heavy atom. The lowest BCUT2D eigenvalue weighted by Crippen LogP contribution is -2.09. The van der Waals surface area contributed by atoms with Gasteiger partial charge in [0.2, 0.25) is 0 Å². The zero-order valence-electron chi connectivity index (χ0n) is 6.74. The van der Waals surface area contributed by atoms with Crippen LogP contribution in [0.4, 0.5) is 0 Å². The lowest BCUT2D eigenvalue weighted by Gasteiger charge is -2.05. The highest BCUT2D eigenvalue weighted by Crippen LogP contribution is 2.04. The molecule has 0 saturated carbocycles. The van der Waals surface area contributed by atoms with Gasteiger partial charge in [-0.05, 0) is 19.1 Å². The van der Waals surface area contributed by atoms with Crippen LogP contribution in [0.3, 0.4) is 0 Å². The standard InChI is InChI=1S/C7H8N2O2S/c1-4-5(6(10)11)3-8-7(12)9(4)2/h3H,1-2H3,(H,10,11). The molecule has 0 atom stereocenters. The summed E-state index contributed by atoms with van der Waals surface area (Å²) in [6.07, 6.45) is 1.28. The predicted molar refractivity (Wildman–Crippen MR) is 45.7 cm³/mol. The van der Waals surface area contributed by atoms with Gasteiger partial charge in [-0.3, -0.25) is 0 Å². The molecule has 1 heterocycles. The van der Waals surface area contributed by atoms with Crippen LogP contribution in [0.15, 0.2) is 6.20 Å². The number of hydrogen-bond acceptors (Lipinski definition) is 3. The average Bonchev–Trinajstić information content (AvgIpc) is 2.00. The maximum absolute atomic E-state index is 10.6. The van der Waals surface area contributed by atoms with Crippen molar-refractivity contribution >= 4 is 18.2 Å². The molecule has 5 heteroatoms. The van der Waals surface area contributed by atoms with E-state index in [4.69, 9.17) is 17.3 Å². The van der Waals surface area contributed by atoms with Gasteiger partial charge in [0, 0.05) is 18.9 Å². The molecule has 12 heavy (non-hydrogen) atoms. The predicted octanol–water partition coefficient (Wildman–Crippen LogP) is 1.16. The van der Waals surface area contributed by atoms with Crippen LogP contribution in [0.1, 0.15) is 16.1 Å². The first kappa shape index (κ1) is 8.86. The number of carbonyl (C=O) groups is 1. The smallest absolute Gasteiger partial charge is 0.339 e. The topological polar surface area (TPSA) is 55.1 Å². The van der Waals surface area contributed by atoms with E-state index in [1.807, 2.05) is 0 Å². The zero-order chi connectivity index (χ0) is 9.30. The third-order valence-electron chi connectivity index (χ3n) is 1.71. The fourth-order valence-corrected chi connectivity index (χ4v) is 1.02. The SMILES string of the molecule is Cc1c(C(=O)O)cnc(=S)n1C. The molecule has 1 rings (SSSR count). The van der Waals surface area contributed by atoms with Crippen LogP contribution in [0, 0.1) is 11.7 Å². The lowest BCUT2D eigenvalue weighted by molar-refractivity contribution is 0.0694. The van der Waals surface area contributed by atoms with E-state index < -0.39 is 5.97 Å². The molecule has 0 aliphatic rings. The van der Waals surface area contributed by atoms with E-state index >= 15 is 0 Å². The Balaban J connectivity index is 3.47. The Morgan fingerprint density at radius 2 is 2.33 bits per heavy atom. The molecule has 1 N–H and O–H groups in total. The number of rotatable bonds is 1. The van der Waals surface area contributed by atoms with Crippen molar-refractivity contribution in [2.24, 2.45) is 7.05 Å². The van der Waals surface area contributed by atoms with Crippen molar-refractivity contribution in [1.29, 1.82) is 0 Å². The maximum atomic E-state index is 10.6. The molecule has 0 fully saturated rings. The van der Waals surface area contributed by atoms with Crippen LogP contribution in [0.5, 0.6) is 0 Å². The summed E-state index contributed by atoms with van der Waals surface area (Å²) in [4.78, 5) is 14.4. The monoisotopic (exact) mass is 184 g/mol. The van der Waals surface area contributed by atoms with E-state index in [-0.39, 0.29) is 5.56 Å². The lowest BCUT2D eigenvalue weighted by atomic mass is 10.2. The van der Waals surface area contributed by atoms with Crippen LogP contribution < -0.4 is 0 Å². The molecule has 0 aliphatic carbocycles. The second kappa shape index (κ2) is 3.02. The fourth-order valence-electron chi connectivity index (χ4n) is 0.834. The van der Waals surface area contributed by atoms with Gasteiger partial charge in [-0.1, -0.05) is 0 Å². The minimum Gasteiger partial charge on any atom is -0.478 e. The first-order chi connectivity index (χ1) is 5.54. The molecule has 0 spiro atoms. The molecule has 0 unspecified atom stereocenters. The van der Waals surface area contributed by atoms with Crippen LogP contribution in [0.2, 0.25) is 0 Å². The molecular weight excluding hydrogens is 176 g/mol. The number of aromatic carboxylic acids is 1. The first-order valence-electron chi connectivity index (χ1n) is 3.30.